The molecule has 1 aromatic rings. The zero-order valence-corrected chi connectivity index (χ0v) is 11.1. The fourth-order valence-corrected chi connectivity index (χ4v) is 2.81. The van der Waals surface area contributed by atoms with Crippen molar-refractivity contribution < 1.29 is 9.90 Å². The van der Waals surface area contributed by atoms with Gasteiger partial charge in [-0.1, -0.05) is 11.6 Å². The van der Waals surface area contributed by atoms with Crippen LogP contribution < -0.4 is 5.32 Å². The maximum absolute atomic E-state index is 10.2. The molecule has 15 heavy (non-hydrogen) atoms. The molecule has 0 aliphatic rings. The third-order valence-corrected chi connectivity index (χ3v) is 4.21. The monoisotopic (exact) mass is 311 g/mol. The molecule has 0 saturated carbocycles. The minimum absolute atomic E-state index is 0.210. The van der Waals surface area contributed by atoms with Gasteiger partial charge in [0.05, 0.1) is 0 Å². The Morgan fingerprint density at radius 2 is 2.40 bits per heavy atom. The van der Waals surface area contributed by atoms with Crippen LogP contribution in [-0.4, -0.2) is 17.6 Å². The number of rotatable bonds is 6. The Balaban J connectivity index is 2.18. The van der Waals surface area contributed by atoms with Crippen LogP contribution in [-0.2, 0) is 11.3 Å². The quantitative estimate of drug-likeness (QED) is 0.794. The van der Waals surface area contributed by atoms with Crippen molar-refractivity contribution in [3.05, 3.63) is 19.8 Å². The lowest BCUT2D eigenvalue weighted by molar-refractivity contribution is -0.137. The number of carbonyl (C=O) groups is 1. The van der Waals surface area contributed by atoms with Crippen LogP contribution in [0.15, 0.2) is 10.5 Å². The molecule has 0 fully saturated rings. The highest BCUT2D eigenvalue weighted by Gasteiger charge is 2.03. The average molecular weight is 313 g/mol. The number of carboxylic acids is 1. The van der Waals surface area contributed by atoms with Crippen molar-refractivity contribution in [1.29, 1.82) is 0 Å². The second kappa shape index (κ2) is 6.48. The summed E-state index contributed by atoms with van der Waals surface area (Å²) in [6.07, 6.45) is 0.859. The lowest BCUT2D eigenvalue weighted by Gasteiger charge is -2.00. The van der Waals surface area contributed by atoms with Crippen molar-refractivity contribution >= 4 is 44.8 Å². The smallest absolute Gasteiger partial charge is 0.303 e. The van der Waals surface area contributed by atoms with Gasteiger partial charge in [-0.3, -0.25) is 4.79 Å². The maximum atomic E-state index is 10.2. The third kappa shape index (κ3) is 4.97. The molecule has 84 valence electrons. The molecule has 0 unspecified atom stereocenters. The molecule has 0 spiro atoms. The minimum atomic E-state index is -0.751. The zero-order chi connectivity index (χ0) is 11.3. The summed E-state index contributed by atoms with van der Waals surface area (Å²) in [4.78, 5) is 11.4. The number of halogens is 2. The van der Waals surface area contributed by atoms with Gasteiger partial charge in [-0.15, -0.1) is 11.3 Å². The predicted molar refractivity (Wildman–Crippen MR) is 65.6 cm³/mol. The van der Waals surface area contributed by atoms with E-state index >= 15 is 0 Å². The molecular weight excluding hydrogens is 302 g/mol. The van der Waals surface area contributed by atoms with Crippen molar-refractivity contribution in [1.82, 2.24) is 5.32 Å². The molecule has 1 aromatic heterocycles. The van der Waals surface area contributed by atoms with Crippen LogP contribution in [0.5, 0.6) is 0 Å². The molecule has 1 rings (SSSR count). The molecule has 0 aliphatic carbocycles. The fourth-order valence-electron chi connectivity index (χ4n) is 1.05. The summed E-state index contributed by atoms with van der Waals surface area (Å²) in [6, 6.07) is 1.97. The van der Waals surface area contributed by atoms with Crippen LogP contribution >= 0.6 is 38.9 Å². The first-order valence-corrected chi connectivity index (χ1v) is 6.44. The Morgan fingerprint density at radius 3 is 2.93 bits per heavy atom. The van der Waals surface area contributed by atoms with E-state index in [9.17, 15) is 4.79 Å². The number of hydrogen-bond donors (Lipinski definition) is 2. The fraction of sp³-hybridized carbons (Fsp3) is 0.444. The van der Waals surface area contributed by atoms with E-state index in [2.05, 4.69) is 21.2 Å². The second-order valence-electron chi connectivity index (χ2n) is 3.01. The van der Waals surface area contributed by atoms with Gasteiger partial charge in [-0.25, -0.2) is 0 Å². The van der Waals surface area contributed by atoms with Gasteiger partial charge in [0.25, 0.3) is 0 Å². The molecule has 0 radical (unpaired) electrons. The Morgan fingerprint density at radius 1 is 1.67 bits per heavy atom. The standard InChI is InChI=1S/C9H11BrClNO2S/c10-7-4-6(15-9(7)11)5-12-3-1-2-8(13)14/h4,12H,1-3,5H2,(H,13,14). The summed E-state index contributed by atoms with van der Waals surface area (Å²) < 4.78 is 1.66. The Hall–Kier alpha value is -0.100. The van der Waals surface area contributed by atoms with E-state index in [1.807, 2.05) is 6.07 Å². The summed E-state index contributed by atoms with van der Waals surface area (Å²) in [5.74, 6) is -0.751. The van der Waals surface area contributed by atoms with Crippen molar-refractivity contribution in [3.63, 3.8) is 0 Å². The van der Waals surface area contributed by atoms with Gasteiger partial charge in [-0.2, -0.15) is 0 Å². The lowest BCUT2D eigenvalue weighted by atomic mass is 10.3. The summed E-state index contributed by atoms with van der Waals surface area (Å²) >= 11 is 10.7. The minimum Gasteiger partial charge on any atom is -0.481 e. The molecule has 2 N–H and O–H groups in total. The summed E-state index contributed by atoms with van der Waals surface area (Å²) in [7, 11) is 0. The number of nitrogens with one attached hydrogen (secondary N) is 1. The highest BCUT2D eigenvalue weighted by atomic mass is 79.9. The Kier molecular flexibility index (Phi) is 5.60. The highest BCUT2D eigenvalue weighted by Crippen LogP contribution is 2.31. The van der Waals surface area contributed by atoms with Crippen molar-refractivity contribution in [2.45, 2.75) is 19.4 Å². The highest BCUT2D eigenvalue weighted by molar-refractivity contribution is 9.10. The topological polar surface area (TPSA) is 49.3 Å². The van der Waals surface area contributed by atoms with E-state index < -0.39 is 5.97 Å². The van der Waals surface area contributed by atoms with E-state index in [1.165, 1.54) is 11.3 Å². The van der Waals surface area contributed by atoms with Crippen LogP contribution in [0.25, 0.3) is 0 Å². The number of hydrogen-bond acceptors (Lipinski definition) is 3. The molecule has 0 aliphatic heterocycles. The lowest BCUT2D eigenvalue weighted by Crippen LogP contribution is -2.14. The number of thiophene rings is 1. The van der Waals surface area contributed by atoms with Crippen molar-refractivity contribution in [2.75, 3.05) is 6.54 Å². The van der Waals surface area contributed by atoms with Crippen LogP contribution in [0.3, 0.4) is 0 Å². The van der Waals surface area contributed by atoms with Gasteiger partial charge < -0.3 is 10.4 Å². The van der Waals surface area contributed by atoms with E-state index in [1.54, 1.807) is 0 Å². The van der Waals surface area contributed by atoms with Gasteiger partial charge in [0.15, 0.2) is 0 Å². The van der Waals surface area contributed by atoms with E-state index in [0.29, 0.717) is 13.0 Å². The molecule has 1 heterocycles. The summed E-state index contributed by atoms with van der Waals surface area (Å²) in [6.45, 7) is 1.44. The zero-order valence-electron chi connectivity index (χ0n) is 7.93. The van der Waals surface area contributed by atoms with Gasteiger partial charge in [0.1, 0.15) is 4.34 Å². The number of aliphatic carboxylic acids is 1. The molecule has 6 heteroatoms. The Bertz CT molecular complexity index is 323. The first-order valence-electron chi connectivity index (χ1n) is 4.46. The molecule has 0 bridgehead atoms. The second-order valence-corrected chi connectivity index (χ2v) is 5.60. The van der Waals surface area contributed by atoms with Crippen LogP contribution in [0.1, 0.15) is 17.7 Å². The normalized spacial score (nSPS) is 10.5. The van der Waals surface area contributed by atoms with Crippen LogP contribution in [0, 0.1) is 0 Å². The third-order valence-electron chi connectivity index (χ3n) is 1.74. The molecule has 0 amide bonds. The first kappa shape index (κ1) is 13.0. The average Bonchev–Trinajstić information content (AvgIpc) is 2.45. The largest absolute Gasteiger partial charge is 0.481 e. The van der Waals surface area contributed by atoms with Crippen molar-refractivity contribution in [2.24, 2.45) is 0 Å². The van der Waals surface area contributed by atoms with E-state index in [-0.39, 0.29) is 6.42 Å². The molecule has 0 saturated heterocycles. The Labute approximate surface area is 106 Å². The number of carboxylic acid groups (broad SMARTS) is 1. The van der Waals surface area contributed by atoms with Crippen molar-refractivity contribution in [3.8, 4) is 0 Å². The molecular formula is C9H11BrClNO2S. The van der Waals surface area contributed by atoms with Crippen LogP contribution in [0.2, 0.25) is 4.34 Å². The predicted octanol–water partition coefficient (Wildman–Crippen LogP) is 3.12. The van der Waals surface area contributed by atoms with E-state index in [0.717, 1.165) is 20.2 Å². The van der Waals surface area contributed by atoms with Crippen LogP contribution in [0.4, 0.5) is 0 Å². The molecule has 3 nitrogen and oxygen atoms in total. The van der Waals surface area contributed by atoms with Gasteiger partial charge >= 0.3 is 5.97 Å². The molecule has 0 aromatic carbocycles. The maximum Gasteiger partial charge on any atom is 0.303 e. The SMILES string of the molecule is O=C(O)CCCNCc1cc(Br)c(Cl)s1. The summed E-state index contributed by atoms with van der Waals surface area (Å²) in [5.41, 5.74) is 0. The van der Waals surface area contributed by atoms with Gasteiger partial charge in [-0.05, 0) is 35.0 Å². The molecule has 0 atom stereocenters. The van der Waals surface area contributed by atoms with E-state index in [4.69, 9.17) is 16.7 Å². The van der Waals surface area contributed by atoms with Gasteiger partial charge in [0.2, 0.25) is 0 Å². The summed E-state index contributed by atoms with van der Waals surface area (Å²) in [5, 5.41) is 11.6. The van der Waals surface area contributed by atoms with Gasteiger partial charge in [0, 0.05) is 22.3 Å². The first-order chi connectivity index (χ1) is 7.09.